The predicted octanol–water partition coefficient (Wildman–Crippen LogP) is 6.71. The van der Waals surface area contributed by atoms with Crippen LogP contribution in [0.4, 0.5) is 35.1 Å². The van der Waals surface area contributed by atoms with Gasteiger partial charge in [0.2, 0.25) is 0 Å². The Morgan fingerprint density at radius 1 is 0.692 bits per heavy atom. The van der Waals surface area contributed by atoms with Crippen LogP contribution in [-0.2, 0) is 5.67 Å². The van der Waals surface area contributed by atoms with E-state index in [0.717, 1.165) is 18.2 Å². The summed E-state index contributed by atoms with van der Waals surface area (Å²) in [5.41, 5.74) is -7.62. The molecule has 26 heavy (non-hydrogen) atoms. The quantitative estimate of drug-likeness (QED) is 0.507. The lowest BCUT2D eigenvalue weighted by molar-refractivity contribution is -0.348. The van der Waals surface area contributed by atoms with E-state index >= 15 is 0 Å². The van der Waals surface area contributed by atoms with Crippen LogP contribution in [0.5, 0.6) is 0 Å². The van der Waals surface area contributed by atoms with Gasteiger partial charge in [0.1, 0.15) is 5.82 Å². The van der Waals surface area contributed by atoms with Crippen LogP contribution < -0.4 is 0 Å². The van der Waals surface area contributed by atoms with Crippen molar-refractivity contribution in [1.29, 1.82) is 0 Å². The smallest absolute Gasteiger partial charge is 0.218 e. The largest absolute Gasteiger partial charge is 0.435 e. The molecule has 0 heterocycles. The Morgan fingerprint density at radius 2 is 1.23 bits per heavy atom. The lowest BCUT2D eigenvalue weighted by atomic mass is 9.82. The first-order valence-electron chi connectivity index (χ1n) is 7.40. The summed E-state index contributed by atoms with van der Waals surface area (Å²) < 4.78 is 108. The van der Waals surface area contributed by atoms with Gasteiger partial charge in [-0.2, -0.15) is 26.3 Å². The van der Waals surface area contributed by atoms with Crippen LogP contribution in [0.2, 0.25) is 0 Å². The van der Waals surface area contributed by atoms with Crippen LogP contribution in [-0.4, -0.2) is 12.4 Å². The molecule has 0 saturated carbocycles. The minimum atomic E-state index is -6.23. The molecule has 0 aliphatic rings. The molecular formula is C18H14F8. The fourth-order valence-corrected chi connectivity index (χ4v) is 2.97. The van der Waals surface area contributed by atoms with Crippen molar-refractivity contribution in [2.75, 3.05) is 0 Å². The zero-order valence-electron chi connectivity index (χ0n) is 13.9. The molecule has 0 fully saturated rings. The number of alkyl halides is 7. The zero-order valence-corrected chi connectivity index (χ0v) is 13.9. The molecule has 0 saturated heterocycles. The Kier molecular flexibility index (Phi) is 4.85. The fourth-order valence-electron chi connectivity index (χ4n) is 2.97. The van der Waals surface area contributed by atoms with Crippen molar-refractivity contribution in [3.63, 3.8) is 0 Å². The summed E-state index contributed by atoms with van der Waals surface area (Å²) in [6, 6.07) is 4.77. The van der Waals surface area contributed by atoms with Crippen molar-refractivity contribution in [3.8, 4) is 11.1 Å². The van der Waals surface area contributed by atoms with Crippen LogP contribution >= 0.6 is 0 Å². The molecular weight excluding hydrogens is 368 g/mol. The predicted molar refractivity (Wildman–Crippen MR) is 80.9 cm³/mol. The minimum Gasteiger partial charge on any atom is -0.218 e. The normalized spacial score (nSPS) is 13.2. The van der Waals surface area contributed by atoms with Gasteiger partial charge >= 0.3 is 18.0 Å². The highest BCUT2D eigenvalue weighted by atomic mass is 19.4. The molecule has 0 nitrogen and oxygen atoms in total. The van der Waals surface area contributed by atoms with Gasteiger partial charge in [0.25, 0.3) is 0 Å². The van der Waals surface area contributed by atoms with E-state index in [9.17, 15) is 35.1 Å². The second kappa shape index (κ2) is 6.25. The van der Waals surface area contributed by atoms with E-state index in [0.29, 0.717) is 6.07 Å². The van der Waals surface area contributed by atoms with E-state index in [1.54, 1.807) is 0 Å². The summed E-state index contributed by atoms with van der Waals surface area (Å²) >= 11 is 0. The van der Waals surface area contributed by atoms with E-state index < -0.39 is 35.0 Å². The molecule has 0 N–H and O–H groups in total. The molecule has 142 valence electrons. The standard InChI is InChI=1S/C18H14F8/c1-9-6-11(3)15(13-5-4-12(19)8-10(13)2)14(7-9)16(20,17(21,22)23)18(24,25)26/h4-8H,1-3H3. The highest BCUT2D eigenvalue weighted by Crippen LogP contribution is 2.56. The molecule has 0 radical (unpaired) electrons. The van der Waals surface area contributed by atoms with E-state index in [1.165, 1.54) is 26.8 Å². The summed E-state index contributed by atoms with van der Waals surface area (Å²) in [6.07, 6.45) is -12.5. The van der Waals surface area contributed by atoms with Crippen molar-refractivity contribution in [3.05, 3.63) is 58.4 Å². The Morgan fingerprint density at radius 3 is 1.69 bits per heavy atom. The number of benzene rings is 2. The van der Waals surface area contributed by atoms with Crippen LogP contribution in [0, 0.1) is 26.6 Å². The lowest BCUT2D eigenvalue weighted by Crippen LogP contribution is -2.50. The maximum Gasteiger partial charge on any atom is 0.435 e. The van der Waals surface area contributed by atoms with Crippen molar-refractivity contribution < 1.29 is 35.1 Å². The van der Waals surface area contributed by atoms with Gasteiger partial charge in [0.05, 0.1) is 0 Å². The Balaban J connectivity index is 2.97. The van der Waals surface area contributed by atoms with Gasteiger partial charge in [-0.05, 0) is 55.2 Å². The monoisotopic (exact) mass is 382 g/mol. The number of halogens is 8. The van der Waals surface area contributed by atoms with Gasteiger partial charge in [0.15, 0.2) is 0 Å². The van der Waals surface area contributed by atoms with Gasteiger partial charge < -0.3 is 0 Å². The highest BCUT2D eigenvalue weighted by molar-refractivity contribution is 5.75. The van der Waals surface area contributed by atoms with E-state index in [2.05, 4.69) is 0 Å². The van der Waals surface area contributed by atoms with Gasteiger partial charge in [-0.15, -0.1) is 0 Å². The molecule has 0 amide bonds. The second-order valence-corrected chi connectivity index (χ2v) is 6.12. The van der Waals surface area contributed by atoms with Gasteiger partial charge in [-0.1, -0.05) is 23.8 Å². The molecule has 0 bridgehead atoms. The zero-order chi connectivity index (χ0) is 20.1. The molecule has 0 aliphatic carbocycles. The third-order valence-electron chi connectivity index (χ3n) is 4.09. The molecule has 0 aliphatic heterocycles. The fraction of sp³-hybridized carbons (Fsp3) is 0.333. The molecule has 2 aromatic carbocycles. The Hall–Kier alpha value is -2.12. The van der Waals surface area contributed by atoms with Crippen LogP contribution in [0.25, 0.3) is 11.1 Å². The average molecular weight is 382 g/mol. The molecule has 8 heteroatoms. The van der Waals surface area contributed by atoms with Crippen molar-refractivity contribution in [2.24, 2.45) is 0 Å². The SMILES string of the molecule is Cc1cc(C)c(-c2ccc(F)cc2C)c(C(F)(C(F)(F)F)C(F)(F)F)c1. The van der Waals surface area contributed by atoms with Gasteiger partial charge in [-0.3, -0.25) is 0 Å². The summed E-state index contributed by atoms with van der Waals surface area (Å²) in [6.45, 7) is 3.87. The molecule has 0 spiro atoms. The summed E-state index contributed by atoms with van der Waals surface area (Å²) in [5.74, 6) is -0.712. The number of hydrogen-bond donors (Lipinski definition) is 0. The maximum atomic E-state index is 14.7. The maximum absolute atomic E-state index is 14.7. The van der Waals surface area contributed by atoms with E-state index in [-0.39, 0.29) is 22.3 Å². The molecule has 2 aromatic rings. The molecule has 0 atom stereocenters. The second-order valence-electron chi connectivity index (χ2n) is 6.12. The first-order valence-corrected chi connectivity index (χ1v) is 7.40. The number of aryl methyl sites for hydroxylation is 3. The Bertz CT molecular complexity index is 816. The van der Waals surface area contributed by atoms with E-state index in [1.807, 2.05) is 0 Å². The average Bonchev–Trinajstić information content (AvgIpc) is 2.44. The summed E-state index contributed by atoms with van der Waals surface area (Å²) in [4.78, 5) is 0. The van der Waals surface area contributed by atoms with Crippen molar-refractivity contribution in [2.45, 2.75) is 38.8 Å². The molecule has 0 unspecified atom stereocenters. The van der Waals surface area contributed by atoms with Crippen molar-refractivity contribution in [1.82, 2.24) is 0 Å². The van der Waals surface area contributed by atoms with E-state index in [4.69, 9.17) is 0 Å². The van der Waals surface area contributed by atoms with Gasteiger partial charge in [-0.25, -0.2) is 8.78 Å². The summed E-state index contributed by atoms with van der Waals surface area (Å²) in [7, 11) is 0. The first-order chi connectivity index (χ1) is 11.7. The molecule has 2 rings (SSSR count). The molecule has 0 aromatic heterocycles. The lowest BCUT2D eigenvalue weighted by Gasteiger charge is -2.33. The van der Waals surface area contributed by atoms with Crippen molar-refractivity contribution >= 4 is 0 Å². The summed E-state index contributed by atoms with van der Waals surface area (Å²) in [5, 5.41) is 0. The minimum absolute atomic E-state index is 0.0187. The third kappa shape index (κ3) is 3.17. The Labute approximate surface area is 144 Å². The topological polar surface area (TPSA) is 0 Å². The van der Waals surface area contributed by atoms with Crippen LogP contribution in [0.15, 0.2) is 30.3 Å². The van der Waals surface area contributed by atoms with Gasteiger partial charge in [0, 0.05) is 5.56 Å². The third-order valence-corrected chi connectivity index (χ3v) is 4.09. The highest BCUT2D eigenvalue weighted by Gasteiger charge is 2.74. The first kappa shape index (κ1) is 20.2. The van der Waals surface area contributed by atoms with Crippen LogP contribution in [0.3, 0.4) is 0 Å². The van der Waals surface area contributed by atoms with Crippen LogP contribution in [0.1, 0.15) is 22.3 Å². The number of hydrogen-bond acceptors (Lipinski definition) is 0. The number of rotatable bonds is 2.